The third-order valence-electron chi connectivity index (χ3n) is 2.40. The zero-order valence-corrected chi connectivity index (χ0v) is 9.03. The van der Waals surface area contributed by atoms with Crippen LogP contribution in [0.1, 0.15) is 25.7 Å². The summed E-state index contributed by atoms with van der Waals surface area (Å²) in [7, 11) is 0. The van der Waals surface area contributed by atoms with Crippen LogP contribution in [-0.4, -0.2) is 23.8 Å². The highest BCUT2D eigenvalue weighted by Crippen LogP contribution is 2.28. The van der Waals surface area contributed by atoms with Crippen molar-refractivity contribution in [1.29, 1.82) is 0 Å². The Bertz CT molecular complexity index is 188. The quantitative estimate of drug-likeness (QED) is 0.767. The summed E-state index contributed by atoms with van der Waals surface area (Å²) < 4.78 is 0. The summed E-state index contributed by atoms with van der Waals surface area (Å²) in [6.45, 7) is 1.14. The molecular weight excluding hydrogens is 209 g/mol. The van der Waals surface area contributed by atoms with E-state index in [-0.39, 0.29) is 0 Å². The third kappa shape index (κ3) is 3.86. The fraction of sp³-hybridized carbons (Fsp3) is 0.778. The highest BCUT2D eigenvalue weighted by molar-refractivity contribution is 6.36. The molecule has 2 N–H and O–H groups in total. The van der Waals surface area contributed by atoms with Gasteiger partial charge in [0.25, 0.3) is 0 Å². The summed E-state index contributed by atoms with van der Waals surface area (Å²) in [5.74, 6) is 0. The van der Waals surface area contributed by atoms with Gasteiger partial charge in [0.1, 0.15) is 0 Å². The molecule has 76 valence electrons. The summed E-state index contributed by atoms with van der Waals surface area (Å²) in [4.78, 5) is 0. The number of rotatable bonds is 4. The molecule has 0 saturated heterocycles. The Labute approximate surface area is 88.9 Å². The second-order valence-corrected chi connectivity index (χ2v) is 4.29. The zero-order chi connectivity index (χ0) is 9.73. The number of nitrogens with one attached hydrogen (secondary N) is 1. The lowest BCUT2D eigenvalue weighted by atomic mass is 10.0. The van der Waals surface area contributed by atoms with E-state index in [1.165, 1.54) is 5.54 Å². The van der Waals surface area contributed by atoms with Crippen molar-refractivity contribution in [3.8, 4) is 0 Å². The van der Waals surface area contributed by atoms with Crippen molar-refractivity contribution in [2.45, 2.75) is 31.3 Å². The van der Waals surface area contributed by atoms with Crippen molar-refractivity contribution in [3.05, 3.63) is 10.6 Å². The Morgan fingerprint density at radius 1 is 1.46 bits per heavy atom. The molecule has 0 aromatic heterocycles. The Balaban J connectivity index is 2.18. The van der Waals surface area contributed by atoms with Gasteiger partial charge in [-0.1, -0.05) is 36.0 Å². The standard InChI is InChI=1S/C9H15Cl2NO/c10-5-8(11)6-12-7-9(13)3-1-2-4-9/h5,12-13H,1-4,6-7H2. The van der Waals surface area contributed by atoms with E-state index in [1.807, 2.05) is 0 Å². The monoisotopic (exact) mass is 223 g/mol. The average molecular weight is 224 g/mol. The molecule has 0 aliphatic heterocycles. The van der Waals surface area contributed by atoms with Gasteiger partial charge in [-0.05, 0) is 12.8 Å². The Morgan fingerprint density at radius 3 is 2.62 bits per heavy atom. The lowest BCUT2D eigenvalue weighted by Crippen LogP contribution is -2.38. The van der Waals surface area contributed by atoms with Gasteiger partial charge in [-0.15, -0.1) is 0 Å². The summed E-state index contributed by atoms with van der Waals surface area (Å²) in [6, 6.07) is 0. The van der Waals surface area contributed by atoms with Gasteiger partial charge in [0, 0.05) is 23.7 Å². The number of hydrogen-bond donors (Lipinski definition) is 2. The van der Waals surface area contributed by atoms with Crippen molar-refractivity contribution < 1.29 is 5.11 Å². The Morgan fingerprint density at radius 2 is 2.08 bits per heavy atom. The van der Waals surface area contributed by atoms with Gasteiger partial charge < -0.3 is 10.4 Å². The van der Waals surface area contributed by atoms with Crippen LogP contribution in [0.3, 0.4) is 0 Å². The molecule has 1 rings (SSSR count). The van der Waals surface area contributed by atoms with Gasteiger partial charge in [-0.3, -0.25) is 0 Å². The first kappa shape index (κ1) is 11.3. The van der Waals surface area contributed by atoms with Crippen LogP contribution < -0.4 is 5.32 Å². The molecule has 13 heavy (non-hydrogen) atoms. The lowest BCUT2D eigenvalue weighted by Gasteiger charge is -2.22. The van der Waals surface area contributed by atoms with Crippen molar-refractivity contribution in [3.63, 3.8) is 0 Å². The largest absolute Gasteiger partial charge is 0.389 e. The van der Waals surface area contributed by atoms with Crippen LogP contribution >= 0.6 is 23.2 Å². The minimum absolute atomic E-state index is 0.510. The first-order chi connectivity index (χ1) is 6.16. The summed E-state index contributed by atoms with van der Waals surface area (Å²) in [6.07, 6.45) is 4.03. The molecule has 0 amide bonds. The van der Waals surface area contributed by atoms with Crippen LogP contribution in [0.25, 0.3) is 0 Å². The molecule has 1 aliphatic rings. The second kappa shape index (κ2) is 5.20. The van der Waals surface area contributed by atoms with Crippen LogP contribution in [0.15, 0.2) is 10.6 Å². The molecule has 0 spiro atoms. The maximum absolute atomic E-state index is 9.92. The molecule has 1 aliphatic carbocycles. The number of hydrogen-bond acceptors (Lipinski definition) is 2. The molecule has 0 radical (unpaired) electrons. The second-order valence-electron chi connectivity index (χ2n) is 3.59. The Kier molecular flexibility index (Phi) is 4.53. The smallest absolute Gasteiger partial charge is 0.0771 e. The summed E-state index contributed by atoms with van der Waals surface area (Å²) in [5.41, 5.74) is 0.830. The third-order valence-corrected chi connectivity index (χ3v) is 3.02. The molecule has 2 nitrogen and oxygen atoms in total. The van der Waals surface area contributed by atoms with Gasteiger partial charge in [0.2, 0.25) is 0 Å². The SMILES string of the molecule is OC1(CNCC(Cl)=CCl)CCCC1. The van der Waals surface area contributed by atoms with E-state index in [1.54, 1.807) is 0 Å². The van der Waals surface area contributed by atoms with E-state index in [0.717, 1.165) is 25.7 Å². The van der Waals surface area contributed by atoms with E-state index in [0.29, 0.717) is 18.1 Å². The van der Waals surface area contributed by atoms with Gasteiger partial charge in [0.05, 0.1) is 5.60 Å². The van der Waals surface area contributed by atoms with Crippen molar-refractivity contribution in [2.75, 3.05) is 13.1 Å². The molecule has 1 fully saturated rings. The molecule has 4 heteroatoms. The molecule has 0 aromatic carbocycles. The maximum Gasteiger partial charge on any atom is 0.0771 e. The topological polar surface area (TPSA) is 32.3 Å². The van der Waals surface area contributed by atoms with E-state index >= 15 is 0 Å². The number of aliphatic hydroxyl groups is 1. The van der Waals surface area contributed by atoms with E-state index in [9.17, 15) is 5.11 Å². The first-order valence-electron chi connectivity index (χ1n) is 4.54. The van der Waals surface area contributed by atoms with Crippen molar-refractivity contribution in [1.82, 2.24) is 5.32 Å². The molecular formula is C9H15Cl2NO. The predicted molar refractivity (Wildman–Crippen MR) is 56.1 cm³/mol. The van der Waals surface area contributed by atoms with Gasteiger partial charge in [-0.2, -0.15) is 0 Å². The molecule has 0 unspecified atom stereocenters. The van der Waals surface area contributed by atoms with Crippen LogP contribution in [0, 0.1) is 0 Å². The van der Waals surface area contributed by atoms with Crippen molar-refractivity contribution in [2.24, 2.45) is 0 Å². The molecule has 0 heterocycles. The normalized spacial score (nSPS) is 22.2. The predicted octanol–water partition coefficient (Wildman–Crippen LogP) is 2.20. The van der Waals surface area contributed by atoms with Crippen LogP contribution in [0.4, 0.5) is 0 Å². The van der Waals surface area contributed by atoms with Crippen molar-refractivity contribution >= 4 is 23.2 Å². The minimum atomic E-state index is -0.510. The molecule has 1 saturated carbocycles. The van der Waals surface area contributed by atoms with E-state index < -0.39 is 5.60 Å². The van der Waals surface area contributed by atoms with E-state index in [2.05, 4.69) is 5.32 Å². The van der Waals surface area contributed by atoms with Crippen LogP contribution in [-0.2, 0) is 0 Å². The lowest BCUT2D eigenvalue weighted by molar-refractivity contribution is 0.0487. The molecule has 0 bridgehead atoms. The molecule has 0 aromatic rings. The fourth-order valence-corrected chi connectivity index (χ4v) is 1.83. The van der Waals surface area contributed by atoms with Gasteiger partial charge in [0.15, 0.2) is 0 Å². The zero-order valence-electron chi connectivity index (χ0n) is 7.52. The van der Waals surface area contributed by atoms with Gasteiger partial charge in [-0.25, -0.2) is 0 Å². The highest BCUT2D eigenvalue weighted by Gasteiger charge is 2.30. The van der Waals surface area contributed by atoms with Crippen LogP contribution in [0.5, 0.6) is 0 Å². The summed E-state index contributed by atoms with van der Waals surface area (Å²) >= 11 is 11.1. The Hall–Kier alpha value is 0.240. The van der Waals surface area contributed by atoms with Gasteiger partial charge >= 0.3 is 0 Å². The first-order valence-corrected chi connectivity index (χ1v) is 5.36. The summed E-state index contributed by atoms with van der Waals surface area (Å²) in [5, 5.41) is 13.6. The highest BCUT2D eigenvalue weighted by atomic mass is 35.5. The minimum Gasteiger partial charge on any atom is -0.389 e. The fourth-order valence-electron chi connectivity index (χ4n) is 1.66. The average Bonchev–Trinajstić information content (AvgIpc) is 2.52. The maximum atomic E-state index is 9.92. The number of halogens is 2. The van der Waals surface area contributed by atoms with E-state index in [4.69, 9.17) is 23.2 Å². The molecule has 0 atom stereocenters. The van der Waals surface area contributed by atoms with Crippen LogP contribution in [0.2, 0.25) is 0 Å².